The highest BCUT2D eigenvalue weighted by molar-refractivity contribution is 7.68. The van der Waals surface area contributed by atoms with E-state index in [1.807, 2.05) is 246 Å². The quantitative estimate of drug-likeness (QED) is 0.0471. The molecule has 0 saturated heterocycles. The van der Waals surface area contributed by atoms with Crippen molar-refractivity contribution < 1.29 is 56.8 Å². The van der Waals surface area contributed by atoms with E-state index in [4.69, 9.17) is 18.1 Å². The topological polar surface area (TPSA) is 186 Å². The van der Waals surface area contributed by atoms with Gasteiger partial charge < -0.3 is 38.5 Å². The largest absolute Gasteiger partial charge is 0.508 e. The van der Waals surface area contributed by atoms with Gasteiger partial charge in [0.1, 0.15) is 23.0 Å². The zero-order valence-electron chi connectivity index (χ0n) is 51.5. The second-order valence-electron chi connectivity index (χ2n) is 20.8. The zero-order valence-corrected chi connectivity index (χ0v) is 55.1. The second kappa shape index (κ2) is 37.8. The molecular weight excluding hydrogens is 1240 g/mol. The van der Waals surface area contributed by atoms with Crippen molar-refractivity contribution in [2.75, 3.05) is 39.8 Å². The first kappa shape index (κ1) is 77.6. The van der Waals surface area contributed by atoms with Crippen LogP contribution in [0.1, 0.15) is 117 Å². The summed E-state index contributed by atoms with van der Waals surface area (Å²) < 4.78 is 76.9. The van der Waals surface area contributed by atoms with Crippen LogP contribution in [-0.4, -0.2) is 60.2 Å². The number of phenols is 4. The first-order chi connectivity index (χ1) is 43.4. The van der Waals surface area contributed by atoms with Crippen LogP contribution in [0.3, 0.4) is 0 Å². The van der Waals surface area contributed by atoms with Crippen molar-refractivity contribution in [2.24, 2.45) is 0 Å². The highest BCUT2D eigenvalue weighted by Gasteiger charge is 2.42. The van der Waals surface area contributed by atoms with Gasteiger partial charge in [-0.1, -0.05) is 253 Å². The molecule has 0 spiro atoms. The average Bonchev–Trinajstić information content (AvgIpc) is 0.792. The van der Waals surface area contributed by atoms with E-state index in [9.17, 15) is 38.7 Å². The van der Waals surface area contributed by atoms with Crippen molar-refractivity contribution in [3.8, 4) is 23.0 Å². The third kappa shape index (κ3) is 20.1. The Bertz CT molecular complexity index is 3720. The Hall–Kier alpha value is -7.84. The van der Waals surface area contributed by atoms with Gasteiger partial charge in [0.25, 0.3) is 0 Å². The average molecular weight is 1330 g/mol. The molecule has 10 aromatic carbocycles. The maximum Gasteiger partial charge on any atom is 0.243 e. The summed E-state index contributed by atoms with van der Waals surface area (Å²) in [5, 5.41) is 42.4. The highest BCUT2D eigenvalue weighted by Crippen LogP contribution is 2.65. The lowest BCUT2D eigenvalue weighted by Crippen LogP contribution is -2.15. The van der Waals surface area contributed by atoms with Crippen LogP contribution in [-0.2, 0) is 36.4 Å². The number of rotatable bonds is 22. The number of benzene rings is 10. The predicted octanol–water partition coefficient (Wildman–Crippen LogP) is 21.0. The Labute approximate surface area is 552 Å². The van der Waals surface area contributed by atoms with Gasteiger partial charge in [-0.15, -0.1) is 0 Å². The lowest BCUT2D eigenvalue weighted by molar-refractivity contribution is 0.331. The molecule has 0 heterocycles. The summed E-state index contributed by atoms with van der Waals surface area (Å²) in [5.74, 6) is 0.519. The SMILES string of the molecule is C.C.C.CCO[P@](=O)(c1ccccc1)[C@@H](c1ccccc1)c1ccccc1O.CCO[P@](=O)(c1ccccc1)[C@H](c1ccccc1)c1ccccc1O.CCO[P@](C)(=O)[C@@H](c1ccccc1)c1ccccc1O.CCO[P@](C)(=O)[C@H](c1ccccc1)c1ccccc1O. The molecule has 12 nitrogen and oxygen atoms in total. The minimum absolute atomic E-state index is 0. The number of hydrogen-bond donors (Lipinski definition) is 4. The van der Waals surface area contributed by atoms with Gasteiger partial charge >= 0.3 is 0 Å². The predicted molar refractivity (Wildman–Crippen MR) is 387 cm³/mol. The molecular formula is C77H92O12P4. The maximum atomic E-state index is 14.1. The van der Waals surface area contributed by atoms with E-state index in [0.717, 1.165) is 22.3 Å². The Morgan fingerprint density at radius 2 is 0.452 bits per heavy atom. The van der Waals surface area contributed by atoms with Crippen molar-refractivity contribution in [2.45, 2.75) is 72.6 Å². The molecule has 0 saturated carbocycles. The molecule has 10 aromatic rings. The van der Waals surface area contributed by atoms with Crippen molar-refractivity contribution in [1.29, 1.82) is 0 Å². The molecule has 0 aliphatic rings. The second-order valence-corrected chi connectivity index (χ2v) is 31.0. The Morgan fingerprint density at radius 1 is 0.269 bits per heavy atom. The summed E-state index contributed by atoms with van der Waals surface area (Å²) in [7, 11) is -12.5. The summed E-state index contributed by atoms with van der Waals surface area (Å²) in [5.41, 5.74) is 3.90. The maximum absolute atomic E-state index is 14.1. The van der Waals surface area contributed by atoms with Gasteiger partial charge in [-0.2, -0.15) is 0 Å². The number of phenolic OH excluding ortho intramolecular Hbond substituents is 4. The lowest BCUT2D eigenvalue weighted by atomic mass is 10.0. The van der Waals surface area contributed by atoms with E-state index < -0.39 is 52.1 Å². The van der Waals surface area contributed by atoms with E-state index >= 15 is 0 Å². The van der Waals surface area contributed by atoms with Crippen molar-refractivity contribution >= 4 is 40.1 Å². The van der Waals surface area contributed by atoms with Crippen LogP contribution in [0.5, 0.6) is 23.0 Å². The van der Waals surface area contributed by atoms with Crippen LogP contribution in [0.25, 0.3) is 0 Å². The number of para-hydroxylation sites is 4. The van der Waals surface area contributed by atoms with Crippen LogP contribution in [0.15, 0.2) is 279 Å². The monoisotopic (exact) mass is 1330 g/mol. The standard InChI is InChI=1S/2C21H21O3P.2C16H19O3P.3CH4/c2*1-2-24-25(23,18-13-7-4-8-14-18)21(17-11-5-3-6-12-17)19-15-9-10-16-20(19)22;2*1-3-19-20(2,18)16(13-9-5-4-6-10-13)14-11-7-8-12-15(14)17;;;/h2*3-16,21-22H,2H2,1H3;2*4-12,16-17H,3H2,1-2H3;3*1H4/t21-,25+;21-,25-;16-,20+;16-,20-;;;/m0110.../s1. The molecule has 0 unspecified atom stereocenters. The van der Waals surface area contributed by atoms with E-state index in [-0.39, 0.29) is 45.3 Å². The van der Waals surface area contributed by atoms with Gasteiger partial charge in [0.05, 0.1) is 49.1 Å². The van der Waals surface area contributed by atoms with Crippen molar-refractivity contribution in [3.05, 3.63) is 324 Å². The minimum Gasteiger partial charge on any atom is -0.508 e. The van der Waals surface area contributed by atoms with Crippen LogP contribution >= 0.6 is 29.5 Å². The van der Waals surface area contributed by atoms with E-state index in [2.05, 4.69) is 0 Å². The molecule has 8 atom stereocenters. The van der Waals surface area contributed by atoms with Gasteiger partial charge in [-0.3, -0.25) is 18.3 Å². The van der Waals surface area contributed by atoms with Gasteiger partial charge in [0, 0.05) is 46.2 Å². The molecule has 0 amide bonds. The lowest BCUT2D eigenvalue weighted by Gasteiger charge is -2.29. The van der Waals surface area contributed by atoms with E-state index in [0.29, 0.717) is 59.3 Å². The van der Waals surface area contributed by atoms with Gasteiger partial charge in [-0.25, -0.2) is 0 Å². The third-order valence-electron chi connectivity index (χ3n) is 14.6. The summed E-state index contributed by atoms with van der Waals surface area (Å²) in [6.45, 7) is 12.0. The Morgan fingerprint density at radius 3 is 0.667 bits per heavy atom. The fourth-order valence-electron chi connectivity index (χ4n) is 10.9. The Balaban J connectivity index is 0.000000263. The molecule has 0 aliphatic heterocycles. The molecule has 0 aromatic heterocycles. The zero-order chi connectivity index (χ0) is 64.6. The molecule has 0 aliphatic carbocycles. The van der Waals surface area contributed by atoms with Crippen LogP contribution in [0.4, 0.5) is 0 Å². The molecule has 0 radical (unpaired) electrons. The first-order valence-electron chi connectivity index (χ1n) is 29.8. The number of hydrogen-bond acceptors (Lipinski definition) is 12. The summed E-state index contributed by atoms with van der Waals surface area (Å²) in [6, 6.07) is 84.7. The fraction of sp³-hybridized carbons (Fsp3) is 0.221. The smallest absolute Gasteiger partial charge is 0.243 e. The van der Waals surface area contributed by atoms with Gasteiger partial charge in [-0.05, 0) is 98.5 Å². The van der Waals surface area contributed by atoms with Crippen LogP contribution in [0.2, 0.25) is 0 Å². The summed E-state index contributed by atoms with van der Waals surface area (Å²) in [6.07, 6.45) is 0. The molecule has 4 N–H and O–H groups in total. The molecule has 492 valence electrons. The van der Waals surface area contributed by atoms with Crippen molar-refractivity contribution in [3.63, 3.8) is 0 Å². The number of aromatic hydroxyl groups is 4. The van der Waals surface area contributed by atoms with Crippen LogP contribution < -0.4 is 10.6 Å². The summed E-state index contributed by atoms with van der Waals surface area (Å²) in [4.78, 5) is 0. The highest BCUT2D eigenvalue weighted by atomic mass is 31.2. The minimum atomic E-state index is -3.31. The first-order valence-corrected chi connectivity index (χ1v) is 37.5. The normalized spacial score (nSPS) is 14.5. The van der Waals surface area contributed by atoms with Gasteiger partial charge in [0.15, 0.2) is 0 Å². The fourth-order valence-corrected chi connectivity index (χ4v) is 20.5. The molecule has 0 fully saturated rings. The van der Waals surface area contributed by atoms with Gasteiger partial charge in [0.2, 0.25) is 29.5 Å². The third-order valence-corrected chi connectivity index (χ3v) is 25.1. The molecule has 16 heteroatoms. The van der Waals surface area contributed by atoms with Crippen molar-refractivity contribution in [1.82, 2.24) is 0 Å². The Kier molecular flexibility index (Phi) is 31.5. The van der Waals surface area contributed by atoms with E-state index in [1.165, 1.54) is 0 Å². The van der Waals surface area contributed by atoms with E-state index in [1.54, 1.807) is 74.0 Å². The summed E-state index contributed by atoms with van der Waals surface area (Å²) >= 11 is 0. The molecule has 10 rings (SSSR count). The van der Waals surface area contributed by atoms with Crippen LogP contribution in [0, 0.1) is 0 Å². The molecule has 93 heavy (non-hydrogen) atoms. The molecule has 0 bridgehead atoms.